The topological polar surface area (TPSA) is 30.0 Å². The lowest BCUT2D eigenvalue weighted by Crippen LogP contribution is -1.81. The van der Waals surface area contributed by atoms with Crippen LogP contribution in [0.2, 0.25) is 5.02 Å². The first-order valence-electron chi connectivity index (χ1n) is 4.07. The van der Waals surface area contributed by atoms with Gasteiger partial charge >= 0.3 is 0 Å². The molecule has 0 fully saturated rings. The molecule has 2 aromatic rings. The summed E-state index contributed by atoms with van der Waals surface area (Å²) in [5, 5.41) is 3.09. The molecule has 1 aromatic heterocycles. The quantitative estimate of drug-likeness (QED) is 0.784. The van der Waals surface area contributed by atoms with E-state index in [0.29, 0.717) is 10.7 Å². The first-order valence-corrected chi connectivity index (χ1v) is 6.12. The van der Waals surface area contributed by atoms with E-state index < -0.39 is 0 Å². The zero-order valence-corrected chi connectivity index (χ0v) is 10.6. The first kappa shape index (κ1) is 10.8. The number of halogens is 2. The third-order valence-corrected chi connectivity index (χ3v) is 3.52. The van der Waals surface area contributed by atoms with E-state index in [4.69, 9.17) is 11.6 Å². The molecule has 1 heterocycles. The average molecular weight is 303 g/mol. The monoisotopic (exact) mass is 301 g/mol. The number of carbonyl (C=O) groups is 1. The van der Waals surface area contributed by atoms with E-state index in [1.54, 1.807) is 11.4 Å². The van der Waals surface area contributed by atoms with Gasteiger partial charge in [0.25, 0.3) is 0 Å². The maximum atomic E-state index is 10.5. The number of nitrogens with zero attached hydrogens (tertiary/aromatic N) is 1. The molecule has 76 valence electrons. The lowest BCUT2D eigenvalue weighted by Gasteiger charge is -2.00. The van der Waals surface area contributed by atoms with E-state index in [1.807, 2.05) is 12.1 Å². The highest BCUT2D eigenvalue weighted by Gasteiger charge is 2.08. The average Bonchev–Trinajstić information content (AvgIpc) is 2.70. The molecule has 0 aliphatic heterocycles. The van der Waals surface area contributed by atoms with Crippen molar-refractivity contribution >= 4 is 45.2 Å². The number of aldehydes is 1. The highest BCUT2D eigenvalue weighted by atomic mass is 79.9. The van der Waals surface area contributed by atoms with Crippen molar-refractivity contribution in [3.05, 3.63) is 38.8 Å². The van der Waals surface area contributed by atoms with Crippen LogP contribution in [0, 0.1) is 0 Å². The number of hydrogen-bond donors (Lipinski definition) is 0. The first-order chi connectivity index (χ1) is 7.20. The van der Waals surface area contributed by atoms with Gasteiger partial charge < -0.3 is 0 Å². The summed E-state index contributed by atoms with van der Waals surface area (Å²) < 4.78 is 0.935. The summed E-state index contributed by atoms with van der Waals surface area (Å²) in [5.74, 6) is 0. The molecule has 0 radical (unpaired) electrons. The largest absolute Gasteiger partial charge is 0.296 e. The molecule has 0 unspecified atom stereocenters. The Kier molecular flexibility index (Phi) is 3.19. The van der Waals surface area contributed by atoms with Gasteiger partial charge in [-0.15, -0.1) is 11.3 Å². The second-order valence-corrected chi connectivity index (χ2v) is 5.00. The minimum Gasteiger partial charge on any atom is -0.296 e. The normalized spacial score (nSPS) is 10.3. The second-order valence-electron chi connectivity index (χ2n) is 2.82. The van der Waals surface area contributed by atoms with Gasteiger partial charge in [-0.1, -0.05) is 27.5 Å². The van der Waals surface area contributed by atoms with Crippen molar-refractivity contribution in [3.63, 3.8) is 0 Å². The molecule has 1 aromatic carbocycles. The summed E-state index contributed by atoms with van der Waals surface area (Å²) in [5.41, 5.74) is 1.27. The molecule has 0 spiro atoms. The summed E-state index contributed by atoms with van der Waals surface area (Å²) >= 11 is 10.8. The van der Waals surface area contributed by atoms with Gasteiger partial charge in [0.1, 0.15) is 10.7 Å². The molecule has 0 bridgehead atoms. The zero-order valence-electron chi connectivity index (χ0n) is 7.41. The van der Waals surface area contributed by atoms with Crippen molar-refractivity contribution in [3.8, 4) is 10.6 Å². The van der Waals surface area contributed by atoms with Crippen molar-refractivity contribution in [2.24, 2.45) is 0 Å². The minimum atomic E-state index is 0.436. The molecule has 5 heteroatoms. The smallest absolute Gasteiger partial charge is 0.169 e. The van der Waals surface area contributed by atoms with Gasteiger partial charge in [-0.2, -0.15) is 0 Å². The molecule has 0 aliphatic carbocycles. The maximum Gasteiger partial charge on any atom is 0.169 e. The Morgan fingerprint density at radius 2 is 2.27 bits per heavy atom. The van der Waals surface area contributed by atoms with Crippen molar-refractivity contribution in [2.75, 3.05) is 0 Å². The van der Waals surface area contributed by atoms with Gasteiger partial charge in [-0.3, -0.25) is 4.79 Å². The fourth-order valence-electron chi connectivity index (χ4n) is 1.13. The van der Waals surface area contributed by atoms with Gasteiger partial charge in [0.05, 0.1) is 5.02 Å². The van der Waals surface area contributed by atoms with Crippen LogP contribution in [0.5, 0.6) is 0 Å². The van der Waals surface area contributed by atoms with E-state index >= 15 is 0 Å². The lowest BCUT2D eigenvalue weighted by atomic mass is 10.2. The predicted molar refractivity (Wildman–Crippen MR) is 65.6 cm³/mol. The van der Waals surface area contributed by atoms with Crippen LogP contribution in [0.25, 0.3) is 10.6 Å². The molecule has 2 nitrogen and oxygen atoms in total. The number of carbonyl (C=O) groups excluding carboxylic acids is 1. The second kappa shape index (κ2) is 4.43. The molecule has 0 amide bonds. The van der Waals surface area contributed by atoms with Gasteiger partial charge in [0, 0.05) is 15.4 Å². The van der Waals surface area contributed by atoms with Crippen molar-refractivity contribution in [2.45, 2.75) is 0 Å². The summed E-state index contributed by atoms with van der Waals surface area (Å²) in [7, 11) is 0. The molecular formula is C10H5BrClNOS. The maximum absolute atomic E-state index is 10.5. The number of thiazole rings is 1. The molecular weight excluding hydrogens is 298 g/mol. The standard InChI is InChI=1S/C10H5BrClNOS/c11-6-1-2-9(12)8(3-6)10-13-7(4-14)5-15-10/h1-5H. The molecule has 0 N–H and O–H groups in total. The van der Waals surface area contributed by atoms with Crippen molar-refractivity contribution < 1.29 is 4.79 Å². The molecule has 2 rings (SSSR count). The van der Waals surface area contributed by atoms with Crippen LogP contribution in [-0.4, -0.2) is 11.3 Å². The SMILES string of the molecule is O=Cc1csc(-c2cc(Br)ccc2Cl)n1. The fourth-order valence-corrected chi connectivity index (χ4v) is 2.54. The Labute approximate surface area is 104 Å². The predicted octanol–water partition coefficient (Wildman–Crippen LogP) is 4.04. The van der Waals surface area contributed by atoms with Crippen LogP contribution in [0.1, 0.15) is 10.5 Å². The van der Waals surface area contributed by atoms with Crippen molar-refractivity contribution in [1.82, 2.24) is 4.98 Å². The Hall–Kier alpha value is -0.710. The van der Waals surface area contributed by atoms with E-state index in [9.17, 15) is 4.79 Å². The van der Waals surface area contributed by atoms with Crippen LogP contribution in [0.3, 0.4) is 0 Å². The van der Waals surface area contributed by atoms with Gasteiger partial charge in [0.2, 0.25) is 0 Å². The summed E-state index contributed by atoms with van der Waals surface area (Å²) in [6, 6.07) is 5.54. The molecule has 0 saturated carbocycles. The van der Waals surface area contributed by atoms with E-state index in [0.717, 1.165) is 21.3 Å². The third kappa shape index (κ3) is 2.27. The van der Waals surface area contributed by atoms with E-state index in [-0.39, 0.29) is 0 Å². The van der Waals surface area contributed by atoms with E-state index in [2.05, 4.69) is 20.9 Å². The van der Waals surface area contributed by atoms with Gasteiger partial charge in [-0.25, -0.2) is 4.98 Å². The van der Waals surface area contributed by atoms with Crippen LogP contribution in [0.15, 0.2) is 28.1 Å². The molecule has 15 heavy (non-hydrogen) atoms. The van der Waals surface area contributed by atoms with E-state index in [1.165, 1.54) is 11.3 Å². The fraction of sp³-hybridized carbons (Fsp3) is 0. The van der Waals surface area contributed by atoms with Crippen LogP contribution >= 0.6 is 38.9 Å². The molecule has 0 atom stereocenters. The Balaban J connectivity index is 2.52. The zero-order chi connectivity index (χ0) is 10.8. The number of rotatable bonds is 2. The minimum absolute atomic E-state index is 0.436. The van der Waals surface area contributed by atoms with Crippen molar-refractivity contribution in [1.29, 1.82) is 0 Å². The lowest BCUT2D eigenvalue weighted by molar-refractivity contribution is 0.111. The highest BCUT2D eigenvalue weighted by Crippen LogP contribution is 2.32. The number of benzene rings is 1. The summed E-state index contributed by atoms with van der Waals surface area (Å²) in [6.07, 6.45) is 0.728. The molecule has 0 aliphatic rings. The van der Waals surface area contributed by atoms with Crippen LogP contribution in [0.4, 0.5) is 0 Å². The Bertz CT molecular complexity index is 512. The summed E-state index contributed by atoms with van der Waals surface area (Å²) in [6.45, 7) is 0. The third-order valence-electron chi connectivity index (χ3n) is 1.80. The Morgan fingerprint density at radius 1 is 1.47 bits per heavy atom. The Morgan fingerprint density at radius 3 is 2.93 bits per heavy atom. The van der Waals surface area contributed by atoms with Crippen LogP contribution in [-0.2, 0) is 0 Å². The molecule has 0 saturated heterocycles. The number of hydrogen-bond acceptors (Lipinski definition) is 3. The van der Waals surface area contributed by atoms with Crippen LogP contribution < -0.4 is 0 Å². The van der Waals surface area contributed by atoms with Gasteiger partial charge in [-0.05, 0) is 18.2 Å². The highest BCUT2D eigenvalue weighted by molar-refractivity contribution is 9.10. The summed E-state index contributed by atoms with van der Waals surface area (Å²) in [4.78, 5) is 14.7. The van der Waals surface area contributed by atoms with Gasteiger partial charge in [0.15, 0.2) is 6.29 Å². The number of aromatic nitrogens is 1.